The summed E-state index contributed by atoms with van der Waals surface area (Å²) >= 11 is 0. The molecule has 1 fully saturated rings. The van der Waals surface area contributed by atoms with E-state index in [1.54, 1.807) is 7.11 Å². The number of aromatic nitrogens is 3. The fourth-order valence-corrected chi connectivity index (χ4v) is 1.83. The summed E-state index contributed by atoms with van der Waals surface area (Å²) in [5.74, 6) is 0.654. The molecule has 0 saturated heterocycles. The van der Waals surface area contributed by atoms with Gasteiger partial charge < -0.3 is 10.5 Å². The summed E-state index contributed by atoms with van der Waals surface area (Å²) in [6.45, 7) is 2.14. The first-order valence-corrected chi connectivity index (χ1v) is 5.48. The fourth-order valence-electron chi connectivity index (χ4n) is 1.83. The molecule has 15 heavy (non-hydrogen) atoms. The molecule has 0 bridgehead atoms. The molecule has 1 saturated carbocycles. The Kier molecular flexibility index (Phi) is 3.33. The molecule has 0 unspecified atom stereocenters. The van der Waals surface area contributed by atoms with Crippen LogP contribution >= 0.6 is 0 Å². The smallest absolute Gasteiger partial charge is 0.0997 e. The van der Waals surface area contributed by atoms with Crippen molar-refractivity contribution in [2.75, 3.05) is 13.7 Å². The van der Waals surface area contributed by atoms with Crippen molar-refractivity contribution in [2.24, 2.45) is 5.73 Å². The molecule has 1 aliphatic carbocycles. The Morgan fingerprint density at radius 3 is 2.93 bits per heavy atom. The Morgan fingerprint density at radius 2 is 2.33 bits per heavy atom. The molecule has 0 amide bonds. The molecule has 1 heterocycles. The first-order chi connectivity index (χ1) is 7.36. The monoisotopic (exact) mass is 210 g/mol. The van der Waals surface area contributed by atoms with Crippen molar-refractivity contribution in [2.45, 2.75) is 38.3 Å². The van der Waals surface area contributed by atoms with E-state index in [1.807, 2.05) is 4.68 Å². The minimum atomic E-state index is 0.496. The predicted molar refractivity (Wildman–Crippen MR) is 56.4 cm³/mol. The molecule has 1 aliphatic rings. The van der Waals surface area contributed by atoms with E-state index >= 15 is 0 Å². The molecule has 84 valence electrons. The molecular formula is C10H18N4O. The van der Waals surface area contributed by atoms with E-state index in [2.05, 4.69) is 10.3 Å². The third-order valence-corrected chi connectivity index (χ3v) is 2.72. The molecule has 0 atom stereocenters. The number of aryl methyl sites for hydroxylation is 1. The lowest BCUT2D eigenvalue weighted by Gasteiger charge is -2.05. The van der Waals surface area contributed by atoms with Gasteiger partial charge in [0.1, 0.15) is 0 Å². The van der Waals surface area contributed by atoms with Crippen LogP contribution in [0.5, 0.6) is 0 Å². The standard InChI is InChI=1S/C10H18N4O/c1-15-6-2-5-14-10(8-3-4-8)9(7-11)12-13-14/h8H,2-7,11H2,1H3. The van der Waals surface area contributed by atoms with E-state index < -0.39 is 0 Å². The maximum Gasteiger partial charge on any atom is 0.0997 e. The van der Waals surface area contributed by atoms with Gasteiger partial charge in [0.2, 0.25) is 0 Å². The lowest BCUT2D eigenvalue weighted by atomic mass is 10.2. The van der Waals surface area contributed by atoms with Gasteiger partial charge in [0, 0.05) is 32.7 Å². The van der Waals surface area contributed by atoms with Crippen LogP contribution in [0.1, 0.15) is 36.6 Å². The highest BCUT2D eigenvalue weighted by Crippen LogP contribution is 2.41. The predicted octanol–water partition coefficient (Wildman–Crippen LogP) is 0.651. The van der Waals surface area contributed by atoms with Crippen molar-refractivity contribution >= 4 is 0 Å². The largest absolute Gasteiger partial charge is 0.385 e. The van der Waals surface area contributed by atoms with Crippen molar-refractivity contribution in [1.82, 2.24) is 15.0 Å². The van der Waals surface area contributed by atoms with E-state index in [1.165, 1.54) is 18.5 Å². The molecule has 0 radical (unpaired) electrons. The van der Waals surface area contributed by atoms with Crippen molar-refractivity contribution in [1.29, 1.82) is 0 Å². The summed E-state index contributed by atoms with van der Waals surface area (Å²) in [5.41, 5.74) is 7.87. The van der Waals surface area contributed by atoms with Crippen LogP contribution in [-0.2, 0) is 17.8 Å². The second kappa shape index (κ2) is 4.72. The van der Waals surface area contributed by atoms with Gasteiger partial charge in [-0.2, -0.15) is 0 Å². The van der Waals surface area contributed by atoms with Crippen LogP contribution in [0.25, 0.3) is 0 Å². The first kappa shape index (κ1) is 10.6. The van der Waals surface area contributed by atoms with E-state index in [9.17, 15) is 0 Å². The van der Waals surface area contributed by atoms with Crippen molar-refractivity contribution in [3.63, 3.8) is 0 Å². The number of methoxy groups -OCH3 is 1. The lowest BCUT2D eigenvalue weighted by molar-refractivity contribution is 0.188. The van der Waals surface area contributed by atoms with Crippen LogP contribution in [0.15, 0.2) is 0 Å². The summed E-state index contributed by atoms with van der Waals surface area (Å²) < 4.78 is 7.03. The topological polar surface area (TPSA) is 66.0 Å². The first-order valence-electron chi connectivity index (χ1n) is 5.48. The van der Waals surface area contributed by atoms with Gasteiger partial charge in [-0.15, -0.1) is 5.10 Å². The van der Waals surface area contributed by atoms with E-state index in [4.69, 9.17) is 10.5 Å². The zero-order valence-electron chi connectivity index (χ0n) is 9.15. The molecule has 5 heteroatoms. The third kappa shape index (κ3) is 2.35. The van der Waals surface area contributed by atoms with Crippen LogP contribution in [0.4, 0.5) is 0 Å². The highest BCUT2D eigenvalue weighted by Gasteiger charge is 2.30. The number of ether oxygens (including phenoxy) is 1. The van der Waals surface area contributed by atoms with Gasteiger partial charge in [-0.1, -0.05) is 5.21 Å². The van der Waals surface area contributed by atoms with Gasteiger partial charge >= 0.3 is 0 Å². The van der Waals surface area contributed by atoms with Gasteiger partial charge in [0.25, 0.3) is 0 Å². The van der Waals surface area contributed by atoms with E-state index in [0.717, 1.165) is 25.3 Å². The maximum atomic E-state index is 5.64. The SMILES string of the molecule is COCCCn1nnc(CN)c1C1CC1. The zero-order valence-corrected chi connectivity index (χ0v) is 9.15. The normalized spacial score (nSPS) is 15.9. The Hall–Kier alpha value is -0.940. The molecule has 0 aliphatic heterocycles. The Balaban J connectivity index is 2.05. The molecule has 2 N–H and O–H groups in total. The molecular weight excluding hydrogens is 192 g/mol. The maximum absolute atomic E-state index is 5.64. The summed E-state index contributed by atoms with van der Waals surface area (Å²) in [4.78, 5) is 0. The summed E-state index contributed by atoms with van der Waals surface area (Å²) in [6.07, 6.45) is 3.49. The van der Waals surface area contributed by atoms with Crippen LogP contribution in [0.2, 0.25) is 0 Å². The van der Waals surface area contributed by atoms with Crippen LogP contribution in [0.3, 0.4) is 0 Å². The van der Waals surface area contributed by atoms with E-state index in [-0.39, 0.29) is 0 Å². The fraction of sp³-hybridized carbons (Fsp3) is 0.800. The van der Waals surface area contributed by atoms with Crippen LogP contribution in [-0.4, -0.2) is 28.7 Å². The molecule has 1 aromatic heterocycles. The highest BCUT2D eigenvalue weighted by molar-refractivity contribution is 5.20. The Labute approximate surface area is 89.6 Å². The number of rotatable bonds is 6. The number of hydrogen-bond acceptors (Lipinski definition) is 4. The number of hydrogen-bond donors (Lipinski definition) is 1. The zero-order chi connectivity index (χ0) is 10.7. The summed E-state index contributed by atoms with van der Waals surface area (Å²) in [6, 6.07) is 0. The quantitative estimate of drug-likeness (QED) is 0.700. The van der Waals surface area contributed by atoms with Gasteiger partial charge in [0.05, 0.1) is 11.4 Å². The van der Waals surface area contributed by atoms with Gasteiger partial charge in [0.15, 0.2) is 0 Å². The Bertz CT molecular complexity index is 319. The van der Waals surface area contributed by atoms with E-state index in [0.29, 0.717) is 12.5 Å². The number of nitrogens with zero attached hydrogens (tertiary/aromatic N) is 3. The highest BCUT2D eigenvalue weighted by atomic mass is 16.5. The molecule has 5 nitrogen and oxygen atoms in total. The number of nitrogens with two attached hydrogens (primary N) is 1. The molecule has 0 aromatic carbocycles. The van der Waals surface area contributed by atoms with Crippen molar-refractivity contribution in [3.05, 3.63) is 11.4 Å². The third-order valence-electron chi connectivity index (χ3n) is 2.72. The average molecular weight is 210 g/mol. The molecule has 1 aromatic rings. The average Bonchev–Trinajstić information content (AvgIpc) is 3.00. The second-order valence-corrected chi connectivity index (χ2v) is 3.97. The lowest BCUT2D eigenvalue weighted by Crippen LogP contribution is -2.08. The molecule has 2 rings (SSSR count). The van der Waals surface area contributed by atoms with Crippen molar-refractivity contribution < 1.29 is 4.74 Å². The van der Waals surface area contributed by atoms with Crippen LogP contribution in [0, 0.1) is 0 Å². The Morgan fingerprint density at radius 1 is 1.53 bits per heavy atom. The summed E-state index contributed by atoms with van der Waals surface area (Å²) in [5, 5.41) is 8.27. The minimum Gasteiger partial charge on any atom is -0.385 e. The van der Waals surface area contributed by atoms with Crippen LogP contribution < -0.4 is 5.73 Å². The van der Waals surface area contributed by atoms with Crippen molar-refractivity contribution in [3.8, 4) is 0 Å². The van der Waals surface area contributed by atoms with Gasteiger partial charge in [-0.25, -0.2) is 4.68 Å². The van der Waals surface area contributed by atoms with Gasteiger partial charge in [-0.3, -0.25) is 0 Å². The summed E-state index contributed by atoms with van der Waals surface area (Å²) in [7, 11) is 1.72. The van der Waals surface area contributed by atoms with Gasteiger partial charge in [-0.05, 0) is 19.3 Å². The minimum absolute atomic E-state index is 0.496. The second-order valence-electron chi connectivity index (χ2n) is 3.97. The molecule has 0 spiro atoms.